The highest BCUT2D eigenvalue weighted by Gasteiger charge is 2.12. The molecule has 0 aliphatic heterocycles. The van der Waals surface area contributed by atoms with E-state index in [-0.39, 0.29) is 0 Å². The standard InChI is InChI=1S/C18H17BrN2O4/c1-2-12-7-9-13(10-8-12)18(24)25-11-16(22)20-21-17(23)14-5-3-4-6-15(14)19/h3-10H,2,11H2,1H3,(H,20,22)(H,21,23). The summed E-state index contributed by atoms with van der Waals surface area (Å²) in [6.45, 7) is 1.52. The fraction of sp³-hybridized carbons (Fsp3) is 0.167. The Morgan fingerprint density at radius 1 is 1.00 bits per heavy atom. The van der Waals surface area contributed by atoms with Crippen LogP contribution < -0.4 is 10.9 Å². The van der Waals surface area contributed by atoms with Crippen molar-refractivity contribution < 1.29 is 19.1 Å². The third-order valence-electron chi connectivity index (χ3n) is 3.37. The van der Waals surface area contributed by atoms with Gasteiger partial charge in [-0.3, -0.25) is 20.4 Å². The van der Waals surface area contributed by atoms with Gasteiger partial charge in [-0.05, 0) is 52.2 Å². The summed E-state index contributed by atoms with van der Waals surface area (Å²) in [6.07, 6.45) is 0.870. The van der Waals surface area contributed by atoms with E-state index in [1.807, 2.05) is 19.1 Å². The van der Waals surface area contributed by atoms with Crippen molar-refractivity contribution in [1.29, 1.82) is 0 Å². The topological polar surface area (TPSA) is 84.5 Å². The van der Waals surface area contributed by atoms with Gasteiger partial charge in [0.2, 0.25) is 0 Å². The predicted molar refractivity (Wildman–Crippen MR) is 95.9 cm³/mol. The SMILES string of the molecule is CCc1ccc(C(=O)OCC(=O)NNC(=O)c2ccccc2Br)cc1. The molecule has 2 N–H and O–H groups in total. The molecule has 0 saturated heterocycles. The van der Waals surface area contributed by atoms with Gasteiger partial charge in [0, 0.05) is 4.47 Å². The van der Waals surface area contributed by atoms with Crippen LogP contribution in [0, 0.1) is 0 Å². The first kappa shape index (κ1) is 18.7. The summed E-state index contributed by atoms with van der Waals surface area (Å²) in [4.78, 5) is 35.5. The zero-order chi connectivity index (χ0) is 18.2. The Kier molecular flexibility index (Phi) is 6.71. The molecule has 130 valence electrons. The maximum atomic E-state index is 11.9. The van der Waals surface area contributed by atoms with E-state index in [2.05, 4.69) is 26.8 Å². The number of hydrogen-bond donors (Lipinski definition) is 2. The summed E-state index contributed by atoms with van der Waals surface area (Å²) in [5.41, 5.74) is 6.29. The van der Waals surface area contributed by atoms with Crippen LogP contribution >= 0.6 is 15.9 Å². The summed E-state index contributed by atoms with van der Waals surface area (Å²) < 4.78 is 5.51. The number of aryl methyl sites for hydroxylation is 1. The lowest BCUT2D eigenvalue weighted by molar-refractivity contribution is -0.125. The highest BCUT2D eigenvalue weighted by atomic mass is 79.9. The summed E-state index contributed by atoms with van der Waals surface area (Å²) in [5, 5.41) is 0. The largest absolute Gasteiger partial charge is 0.452 e. The van der Waals surface area contributed by atoms with Gasteiger partial charge in [-0.1, -0.05) is 31.2 Å². The summed E-state index contributed by atoms with van der Waals surface area (Å²) in [7, 11) is 0. The lowest BCUT2D eigenvalue weighted by atomic mass is 10.1. The summed E-state index contributed by atoms with van der Waals surface area (Å²) in [5.74, 6) is -1.73. The molecular formula is C18H17BrN2O4. The molecular weight excluding hydrogens is 388 g/mol. The third-order valence-corrected chi connectivity index (χ3v) is 4.06. The number of hydrazine groups is 1. The smallest absolute Gasteiger partial charge is 0.338 e. The average Bonchev–Trinajstić information content (AvgIpc) is 2.64. The molecule has 0 heterocycles. The van der Waals surface area contributed by atoms with Crippen molar-refractivity contribution in [1.82, 2.24) is 10.9 Å². The molecule has 2 rings (SSSR count). The number of rotatable bonds is 5. The van der Waals surface area contributed by atoms with Gasteiger partial charge in [0.1, 0.15) is 0 Å². The minimum atomic E-state index is -0.640. The van der Waals surface area contributed by atoms with Crippen LogP contribution in [-0.4, -0.2) is 24.4 Å². The maximum absolute atomic E-state index is 11.9. The molecule has 0 atom stereocenters. The molecule has 0 aliphatic carbocycles. The van der Waals surface area contributed by atoms with E-state index >= 15 is 0 Å². The Morgan fingerprint density at radius 3 is 2.32 bits per heavy atom. The number of carbonyl (C=O) groups excluding carboxylic acids is 3. The van der Waals surface area contributed by atoms with Crippen molar-refractivity contribution in [2.45, 2.75) is 13.3 Å². The molecule has 2 aromatic carbocycles. The predicted octanol–water partition coefficient (Wildman–Crippen LogP) is 2.63. The number of halogens is 1. The number of hydrogen-bond acceptors (Lipinski definition) is 4. The number of amides is 2. The highest BCUT2D eigenvalue weighted by molar-refractivity contribution is 9.10. The quantitative estimate of drug-likeness (QED) is 0.592. The first-order chi connectivity index (χ1) is 12.0. The maximum Gasteiger partial charge on any atom is 0.338 e. The van der Waals surface area contributed by atoms with Crippen LogP contribution in [0.2, 0.25) is 0 Å². The Morgan fingerprint density at radius 2 is 1.68 bits per heavy atom. The second kappa shape index (κ2) is 8.98. The first-order valence-electron chi connectivity index (χ1n) is 7.61. The van der Waals surface area contributed by atoms with Crippen LogP contribution in [0.3, 0.4) is 0 Å². The molecule has 25 heavy (non-hydrogen) atoms. The average molecular weight is 405 g/mol. The molecule has 6 nitrogen and oxygen atoms in total. The van der Waals surface area contributed by atoms with E-state index in [0.717, 1.165) is 12.0 Å². The van der Waals surface area contributed by atoms with Crippen molar-refractivity contribution in [2.75, 3.05) is 6.61 Å². The Balaban J connectivity index is 1.79. The van der Waals surface area contributed by atoms with E-state index < -0.39 is 24.4 Å². The zero-order valence-corrected chi connectivity index (χ0v) is 15.1. The van der Waals surface area contributed by atoms with Crippen molar-refractivity contribution in [3.05, 3.63) is 69.7 Å². The van der Waals surface area contributed by atoms with E-state index in [4.69, 9.17) is 4.74 Å². The van der Waals surface area contributed by atoms with Gasteiger partial charge in [0.05, 0.1) is 11.1 Å². The molecule has 0 unspecified atom stereocenters. The molecule has 0 saturated carbocycles. The van der Waals surface area contributed by atoms with Crippen molar-refractivity contribution in [2.24, 2.45) is 0 Å². The number of ether oxygens (including phenoxy) is 1. The number of nitrogens with one attached hydrogen (secondary N) is 2. The van der Waals surface area contributed by atoms with Crippen LogP contribution in [0.1, 0.15) is 33.2 Å². The van der Waals surface area contributed by atoms with Crippen molar-refractivity contribution in [3.63, 3.8) is 0 Å². The second-order valence-corrected chi connectivity index (χ2v) is 5.96. The van der Waals surface area contributed by atoms with E-state index in [1.54, 1.807) is 36.4 Å². The molecule has 0 spiro atoms. The van der Waals surface area contributed by atoms with Gasteiger partial charge >= 0.3 is 5.97 Å². The second-order valence-electron chi connectivity index (χ2n) is 5.11. The molecule has 0 fully saturated rings. The summed E-state index contributed by atoms with van der Waals surface area (Å²) >= 11 is 3.25. The highest BCUT2D eigenvalue weighted by Crippen LogP contribution is 2.15. The minimum absolute atomic E-state index is 0.363. The molecule has 0 radical (unpaired) electrons. The van der Waals surface area contributed by atoms with Gasteiger partial charge < -0.3 is 4.74 Å². The lowest BCUT2D eigenvalue weighted by Gasteiger charge is -2.09. The molecule has 7 heteroatoms. The van der Waals surface area contributed by atoms with Crippen LogP contribution in [0.4, 0.5) is 0 Å². The lowest BCUT2D eigenvalue weighted by Crippen LogP contribution is -2.43. The van der Waals surface area contributed by atoms with Crippen LogP contribution in [-0.2, 0) is 16.0 Å². The first-order valence-corrected chi connectivity index (χ1v) is 8.40. The summed E-state index contributed by atoms with van der Waals surface area (Å²) in [6, 6.07) is 13.7. The van der Waals surface area contributed by atoms with Crippen molar-refractivity contribution >= 4 is 33.7 Å². The molecule has 2 amide bonds. The van der Waals surface area contributed by atoms with Gasteiger partial charge in [-0.25, -0.2) is 4.79 Å². The Hall–Kier alpha value is -2.67. The van der Waals surface area contributed by atoms with Crippen LogP contribution in [0.15, 0.2) is 53.0 Å². The van der Waals surface area contributed by atoms with Crippen molar-refractivity contribution in [3.8, 4) is 0 Å². The Bertz CT molecular complexity index is 775. The fourth-order valence-electron chi connectivity index (χ4n) is 1.97. The third kappa shape index (κ3) is 5.42. The molecule has 2 aromatic rings. The van der Waals surface area contributed by atoms with Gasteiger partial charge in [0.25, 0.3) is 11.8 Å². The number of carbonyl (C=O) groups is 3. The van der Waals surface area contributed by atoms with Gasteiger partial charge in [-0.15, -0.1) is 0 Å². The zero-order valence-electron chi connectivity index (χ0n) is 13.5. The normalized spacial score (nSPS) is 10.0. The number of benzene rings is 2. The molecule has 0 bridgehead atoms. The van der Waals surface area contributed by atoms with E-state index in [1.165, 1.54) is 0 Å². The van der Waals surface area contributed by atoms with Crippen LogP contribution in [0.25, 0.3) is 0 Å². The Labute approximate surface area is 153 Å². The molecule has 0 aromatic heterocycles. The number of esters is 1. The fourth-order valence-corrected chi connectivity index (χ4v) is 2.43. The van der Waals surface area contributed by atoms with E-state index in [0.29, 0.717) is 15.6 Å². The monoisotopic (exact) mass is 404 g/mol. The van der Waals surface area contributed by atoms with Crippen LogP contribution in [0.5, 0.6) is 0 Å². The van der Waals surface area contributed by atoms with Gasteiger partial charge in [-0.2, -0.15) is 0 Å². The minimum Gasteiger partial charge on any atom is -0.452 e. The van der Waals surface area contributed by atoms with Gasteiger partial charge in [0.15, 0.2) is 6.61 Å². The van der Waals surface area contributed by atoms with E-state index in [9.17, 15) is 14.4 Å². The molecule has 0 aliphatic rings.